The number of carbonyl (C=O) groups is 3. The van der Waals surface area contributed by atoms with Crippen LogP contribution in [0.25, 0.3) is 0 Å². The van der Waals surface area contributed by atoms with E-state index in [1.165, 1.54) is 28.9 Å². The number of anilines is 1. The van der Waals surface area contributed by atoms with Gasteiger partial charge in [0.1, 0.15) is 4.88 Å². The highest BCUT2D eigenvalue weighted by Crippen LogP contribution is 2.32. The molecular weight excluding hydrogens is 366 g/mol. The van der Waals surface area contributed by atoms with E-state index in [0.29, 0.717) is 22.0 Å². The fourth-order valence-corrected chi connectivity index (χ4v) is 4.12. The largest absolute Gasteiger partial charge is 0.465 e. The first-order chi connectivity index (χ1) is 13.0. The molecular formula is C20H21NO5S. The van der Waals surface area contributed by atoms with Crippen LogP contribution in [0.2, 0.25) is 0 Å². The summed E-state index contributed by atoms with van der Waals surface area (Å²) in [7, 11) is 1.30. The standard InChI is InChI=1S/C20H21NO5S/c1-12-3-8-16-14(9-12)10-17(27-16)20(24)26-11-18(22)21-15-6-4-13(5-7-15)19(23)25-2/h4-7,10,12H,3,8-9,11H2,1-2H3,(H,21,22)/t12-/m0/s1. The van der Waals surface area contributed by atoms with Gasteiger partial charge in [0.15, 0.2) is 6.61 Å². The molecule has 1 aromatic heterocycles. The summed E-state index contributed by atoms with van der Waals surface area (Å²) in [6.07, 6.45) is 3.12. The topological polar surface area (TPSA) is 81.7 Å². The van der Waals surface area contributed by atoms with Gasteiger partial charge in [0.2, 0.25) is 0 Å². The normalized spacial score (nSPS) is 15.6. The number of rotatable bonds is 5. The molecule has 6 nitrogen and oxygen atoms in total. The number of hydrogen-bond acceptors (Lipinski definition) is 6. The number of benzene rings is 1. The van der Waals surface area contributed by atoms with Crippen molar-refractivity contribution in [1.82, 2.24) is 0 Å². The van der Waals surface area contributed by atoms with Gasteiger partial charge in [-0.1, -0.05) is 6.92 Å². The number of methoxy groups -OCH3 is 1. The summed E-state index contributed by atoms with van der Waals surface area (Å²) in [5, 5.41) is 2.62. The maximum atomic E-state index is 12.2. The Bertz CT molecular complexity index is 856. The lowest BCUT2D eigenvalue weighted by Crippen LogP contribution is -2.20. The Morgan fingerprint density at radius 1 is 1.19 bits per heavy atom. The van der Waals surface area contributed by atoms with Gasteiger partial charge < -0.3 is 14.8 Å². The molecule has 0 saturated heterocycles. The van der Waals surface area contributed by atoms with E-state index in [1.54, 1.807) is 24.3 Å². The molecule has 0 spiro atoms. The van der Waals surface area contributed by atoms with E-state index in [4.69, 9.17) is 4.74 Å². The van der Waals surface area contributed by atoms with E-state index in [-0.39, 0.29) is 6.61 Å². The molecule has 2 aromatic rings. The van der Waals surface area contributed by atoms with Crippen LogP contribution < -0.4 is 5.32 Å². The summed E-state index contributed by atoms with van der Waals surface area (Å²) < 4.78 is 9.75. The van der Waals surface area contributed by atoms with Crippen LogP contribution in [-0.2, 0) is 27.1 Å². The Kier molecular flexibility index (Phi) is 5.91. The summed E-state index contributed by atoms with van der Waals surface area (Å²) in [5.41, 5.74) is 2.11. The Labute approximate surface area is 161 Å². The quantitative estimate of drug-likeness (QED) is 0.795. The number of hydrogen-bond donors (Lipinski definition) is 1. The van der Waals surface area contributed by atoms with Gasteiger partial charge in [-0.3, -0.25) is 4.79 Å². The molecule has 0 aliphatic heterocycles. The number of fused-ring (bicyclic) bond motifs is 1. The van der Waals surface area contributed by atoms with Crippen molar-refractivity contribution in [1.29, 1.82) is 0 Å². The van der Waals surface area contributed by atoms with Crippen LogP contribution in [0.5, 0.6) is 0 Å². The maximum Gasteiger partial charge on any atom is 0.348 e. The fourth-order valence-electron chi connectivity index (χ4n) is 3.01. The smallest absolute Gasteiger partial charge is 0.348 e. The second-order valence-electron chi connectivity index (χ2n) is 6.60. The Hall–Kier alpha value is -2.67. The number of carbonyl (C=O) groups excluding carboxylic acids is 3. The molecule has 0 bridgehead atoms. The highest BCUT2D eigenvalue weighted by atomic mass is 32.1. The molecule has 0 fully saturated rings. The second-order valence-corrected chi connectivity index (χ2v) is 7.74. The maximum absolute atomic E-state index is 12.2. The molecule has 142 valence electrons. The Morgan fingerprint density at radius 3 is 2.63 bits per heavy atom. The van der Waals surface area contributed by atoms with Crippen molar-refractivity contribution in [2.75, 3.05) is 19.0 Å². The van der Waals surface area contributed by atoms with E-state index in [1.807, 2.05) is 6.07 Å². The lowest BCUT2D eigenvalue weighted by Gasteiger charge is -2.16. The van der Waals surface area contributed by atoms with Crippen LogP contribution in [0.15, 0.2) is 30.3 Å². The average Bonchev–Trinajstić information content (AvgIpc) is 3.09. The van der Waals surface area contributed by atoms with E-state index < -0.39 is 17.8 Å². The molecule has 1 amide bonds. The number of aryl methyl sites for hydroxylation is 1. The van der Waals surface area contributed by atoms with Crippen molar-refractivity contribution in [3.8, 4) is 0 Å². The first-order valence-corrected chi connectivity index (χ1v) is 9.55. The van der Waals surface area contributed by atoms with Crippen molar-refractivity contribution in [2.24, 2.45) is 5.92 Å². The van der Waals surface area contributed by atoms with Gasteiger partial charge in [-0.2, -0.15) is 0 Å². The number of thiophene rings is 1. The molecule has 1 atom stereocenters. The van der Waals surface area contributed by atoms with Crippen LogP contribution >= 0.6 is 11.3 Å². The minimum atomic E-state index is -0.474. The summed E-state index contributed by atoms with van der Waals surface area (Å²) in [5.74, 6) is -0.732. The van der Waals surface area contributed by atoms with Gasteiger partial charge in [0, 0.05) is 10.6 Å². The van der Waals surface area contributed by atoms with Crippen LogP contribution in [0.4, 0.5) is 5.69 Å². The summed E-state index contributed by atoms with van der Waals surface area (Å²) in [6, 6.07) is 8.15. The van der Waals surface area contributed by atoms with Gasteiger partial charge in [-0.25, -0.2) is 9.59 Å². The van der Waals surface area contributed by atoms with Gasteiger partial charge in [-0.15, -0.1) is 11.3 Å². The molecule has 1 N–H and O–H groups in total. The molecule has 0 unspecified atom stereocenters. The molecule has 7 heteroatoms. The number of amides is 1. The molecule has 1 heterocycles. The zero-order valence-corrected chi connectivity index (χ0v) is 16.1. The number of esters is 2. The van der Waals surface area contributed by atoms with Gasteiger partial charge in [-0.05, 0) is 61.1 Å². The molecule has 0 saturated carbocycles. The Balaban J connectivity index is 1.51. The minimum Gasteiger partial charge on any atom is -0.465 e. The average molecular weight is 387 g/mol. The van der Waals surface area contributed by atoms with Crippen LogP contribution in [0.1, 0.15) is 43.8 Å². The SMILES string of the molecule is COC(=O)c1ccc(NC(=O)COC(=O)c2cc3c(s2)CC[C@H](C)C3)cc1. The van der Waals surface area contributed by atoms with Crippen molar-refractivity contribution >= 4 is 34.9 Å². The van der Waals surface area contributed by atoms with Crippen molar-refractivity contribution < 1.29 is 23.9 Å². The summed E-state index contributed by atoms with van der Waals surface area (Å²) in [6.45, 7) is 1.84. The second kappa shape index (κ2) is 8.35. The minimum absolute atomic E-state index is 0.365. The Morgan fingerprint density at radius 2 is 1.93 bits per heavy atom. The van der Waals surface area contributed by atoms with Crippen molar-refractivity contribution in [2.45, 2.75) is 26.2 Å². The van der Waals surface area contributed by atoms with E-state index >= 15 is 0 Å². The molecule has 0 radical (unpaired) electrons. The third-order valence-electron chi connectivity index (χ3n) is 4.45. The van der Waals surface area contributed by atoms with Gasteiger partial charge >= 0.3 is 11.9 Å². The first-order valence-electron chi connectivity index (χ1n) is 8.73. The zero-order chi connectivity index (χ0) is 19.4. The number of ether oxygens (including phenoxy) is 2. The van der Waals surface area contributed by atoms with E-state index in [9.17, 15) is 14.4 Å². The molecule has 1 aliphatic carbocycles. The van der Waals surface area contributed by atoms with E-state index in [0.717, 1.165) is 19.3 Å². The third kappa shape index (κ3) is 4.74. The first kappa shape index (κ1) is 19.1. The molecule has 1 aliphatic rings. The molecule has 1 aromatic carbocycles. The zero-order valence-electron chi connectivity index (χ0n) is 15.2. The lowest BCUT2D eigenvalue weighted by atomic mass is 9.90. The monoisotopic (exact) mass is 387 g/mol. The predicted octanol–water partition coefficient (Wildman–Crippen LogP) is 3.46. The van der Waals surface area contributed by atoms with Crippen LogP contribution in [0, 0.1) is 5.92 Å². The lowest BCUT2D eigenvalue weighted by molar-refractivity contribution is -0.119. The summed E-state index contributed by atoms with van der Waals surface area (Å²) >= 11 is 1.46. The van der Waals surface area contributed by atoms with Crippen molar-refractivity contribution in [3.05, 3.63) is 51.2 Å². The van der Waals surface area contributed by atoms with Gasteiger partial charge in [0.05, 0.1) is 12.7 Å². The van der Waals surface area contributed by atoms with Gasteiger partial charge in [0.25, 0.3) is 5.91 Å². The van der Waals surface area contributed by atoms with Crippen LogP contribution in [0.3, 0.4) is 0 Å². The number of nitrogens with one attached hydrogen (secondary N) is 1. The van der Waals surface area contributed by atoms with E-state index in [2.05, 4.69) is 17.0 Å². The highest BCUT2D eigenvalue weighted by molar-refractivity contribution is 7.14. The summed E-state index contributed by atoms with van der Waals surface area (Å²) in [4.78, 5) is 37.4. The van der Waals surface area contributed by atoms with Crippen molar-refractivity contribution in [3.63, 3.8) is 0 Å². The van der Waals surface area contributed by atoms with Crippen LogP contribution in [-0.4, -0.2) is 31.6 Å². The molecule has 3 rings (SSSR count). The fraction of sp³-hybridized carbons (Fsp3) is 0.350. The molecule has 27 heavy (non-hydrogen) atoms. The predicted molar refractivity (Wildman–Crippen MR) is 102 cm³/mol. The highest BCUT2D eigenvalue weighted by Gasteiger charge is 2.21. The third-order valence-corrected chi connectivity index (χ3v) is 5.67.